The maximum Gasteiger partial charge on any atom is 0.325 e. The Morgan fingerprint density at radius 2 is 1.92 bits per heavy atom. The number of nitrogens with one attached hydrogen (secondary N) is 2. The molecule has 5 N–H and O–H groups in total. The molecule has 3 amide bonds. The van der Waals surface area contributed by atoms with Crippen LogP contribution in [0.15, 0.2) is 0 Å². The summed E-state index contributed by atoms with van der Waals surface area (Å²) in [4.78, 5) is 48.6. The van der Waals surface area contributed by atoms with Crippen molar-refractivity contribution in [1.29, 1.82) is 0 Å². The van der Waals surface area contributed by atoms with E-state index in [4.69, 9.17) is 10.8 Å². The summed E-state index contributed by atoms with van der Waals surface area (Å²) in [6, 6.07) is -3.47. The van der Waals surface area contributed by atoms with Gasteiger partial charge in [-0.25, -0.2) is 0 Å². The van der Waals surface area contributed by atoms with Gasteiger partial charge in [-0.2, -0.15) is 12.6 Å². The lowest BCUT2D eigenvalue weighted by atomic mass is 10.1. The molecule has 10 heteroatoms. The van der Waals surface area contributed by atoms with Crippen molar-refractivity contribution in [3.05, 3.63) is 0 Å². The summed E-state index contributed by atoms with van der Waals surface area (Å²) < 4.78 is 0. The fourth-order valence-electron chi connectivity index (χ4n) is 2.40. The van der Waals surface area contributed by atoms with Crippen LogP contribution in [0.4, 0.5) is 0 Å². The Morgan fingerprint density at radius 1 is 1.29 bits per heavy atom. The summed E-state index contributed by atoms with van der Waals surface area (Å²) in [7, 11) is 0. The molecule has 1 saturated heterocycles. The molecule has 0 aromatic rings. The average molecular weight is 360 g/mol. The van der Waals surface area contributed by atoms with Gasteiger partial charge in [0.1, 0.15) is 18.1 Å². The molecule has 4 unspecified atom stereocenters. The lowest BCUT2D eigenvalue weighted by Crippen LogP contribution is -2.56. The van der Waals surface area contributed by atoms with Gasteiger partial charge >= 0.3 is 5.97 Å². The molecule has 0 aliphatic carbocycles. The SMILES string of the molecule is CC(N)C(=O)N1CCCC1C(=O)NC(CS)C(=O)NC(C)C(=O)O. The van der Waals surface area contributed by atoms with E-state index in [-0.39, 0.29) is 11.7 Å². The highest BCUT2D eigenvalue weighted by molar-refractivity contribution is 7.80. The van der Waals surface area contributed by atoms with E-state index in [1.165, 1.54) is 11.8 Å². The molecule has 9 nitrogen and oxygen atoms in total. The summed E-state index contributed by atoms with van der Waals surface area (Å²) in [6.45, 7) is 3.30. The number of hydrogen-bond acceptors (Lipinski definition) is 6. The quantitative estimate of drug-likeness (QED) is 0.344. The minimum absolute atomic E-state index is 0.00211. The predicted octanol–water partition coefficient (Wildman–Crippen LogP) is -1.67. The van der Waals surface area contributed by atoms with Gasteiger partial charge in [-0.1, -0.05) is 0 Å². The molecule has 0 spiro atoms. The Morgan fingerprint density at radius 3 is 2.42 bits per heavy atom. The second-order valence-corrected chi connectivity index (χ2v) is 6.16. The van der Waals surface area contributed by atoms with Gasteiger partial charge < -0.3 is 26.4 Å². The van der Waals surface area contributed by atoms with Gasteiger partial charge in [0.05, 0.1) is 6.04 Å². The van der Waals surface area contributed by atoms with Crippen LogP contribution in [0.25, 0.3) is 0 Å². The molecule has 1 rings (SSSR count). The Bertz CT molecular complexity index is 513. The summed E-state index contributed by atoms with van der Waals surface area (Å²) in [5.74, 6) is -2.62. The van der Waals surface area contributed by atoms with E-state index in [1.54, 1.807) is 6.92 Å². The van der Waals surface area contributed by atoms with Crippen molar-refractivity contribution in [3.8, 4) is 0 Å². The van der Waals surface area contributed by atoms with Crippen molar-refractivity contribution in [3.63, 3.8) is 0 Å². The van der Waals surface area contributed by atoms with Crippen LogP contribution in [0.2, 0.25) is 0 Å². The number of likely N-dealkylation sites (tertiary alicyclic amines) is 1. The number of hydrogen-bond donors (Lipinski definition) is 5. The number of carboxylic acids is 1. The molecule has 1 aliphatic rings. The lowest BCUT2D eigenvalue weighted by molar-refractivity contribution is -0.142. The van der Waals surface area contributed by atoms with Crippen LogP contribution in [0.3, 0.4) is 0 Å². The van der Waals surface area contributed by atoms with E-state index in [2.05, 4.69) is 23.3 Å². The molecule has 0 saturated carbocycles. The van der Waals surface area contributed by atoms with Crippen LogP contribution < -0.4 is 16.4 Å². The van der Waals surface area contributed by atoms with Crippen LogP contribution in [0.1, 0.15) is 26.7 Å². The predicted molar refractivity (Wildman–Crippen MR) is 89.4 cm³/mol. The number of carboxylic acid groups (broad SMARTS) is 1. The van der Waals surface area contributed by atoms with E-state index >= 15 is 0 Å². The topological polar surface area (TPSA) is 142 Å². The van der Waals surface area contributed by atoms with Gasteiger partial charge in [-0.05, 0) is 26.7 Å². The molecule has 0 aromatic carbocycles. The van der Waals surface area contributed by atoms with Gasteiger partial charge in [-0.15, -0.1) is 0 Å². The molecular weight excluding hydrogens is 336 g/mol. The van der Waals surface area contributed by atoms with Gasteiger partial charge in [0.2, 0.25) is 17.7 Å². The van der Waals surface area contributed by atoms with Crippen molar-refractivity contribution in [1.82, 2.24) is 15.5 Å². The third-order valence-electron chi connectivity index (χ3n) is 3.77. The minimum Gasteiger partial charge on any atom is -0.480 e. The molecule has 136 valence electrons. The molecular formula is C14H24N4O5S. The zero-order valence-electron chi connectivity index (χ0n) is 13.7. The second-order valence-electron chi connectivity index (χ2n) is 5.79. The van der Waals surface area contributed by atoms with E-state index < -0.39 is 42.0 Å². The van der Waals surface area contributed by atoms with Gasteiger partial charge in [0, 0.05) is 12.3 Å². The van der Waals surface area contributed by atoms with E-state index in [0.29, 0.717) is 19.4 Å². The summed E-state index contributed by atoms with van der Waals surface area (Å²) in [6.07, 6.45) is 1.15. The van der Waals surface area contributed by atoms with Crippen molar-refractivity contribution in [2.24, 2.45) is 5.73 Å². The van der Waals surface area contributed by atoms with E-state index in [1.807, 2.05) is 0 Å². The molecule has 1 heterocycles. The Balaban J connectivity index is 2.71. The summed E-state index contributed by atoms with van der Waals surface area (Å²) >= 11 is 4.02. The highest BCUT2D eigenvalue weighted by Crippen LogP contribution is 2.18. The molecule has 0 aromatic heterocycles. The van der Waals surface area contributed by atoms with Gasteiger partial charge in [-0.3, -0.25) is 19.2 Å². The Labute approximate surface area is 145 Å². The van der Waals surface area contributed by atoms with E-state index in [9.17, 15) is 19.2 Å². The van der Waals surface area contributed by atoms with Crippen LogP contribution >= 0.6 is 12.6 Å². The zero-order valence-corrected chi connectivity index (χ0v) is 14.6. The van der Waals surface area contributed by atoms with Crippen molar-refractivity contribution >= 4 is 36.3 Å². The maximum atomic E-state index is 12.4. The number of nitrogens with two attached hydrogens (primary N) is 1. The largest absolute Gasteiger partial charge is 0.480 e. The van der Waals surface area contributed by atoms with E-state index in [0.717, 1.165) is 0 Å². The number of thiol groups is 1. The molecule has 1 fully saturated rings. The Kier molecular flexibility index (Phi) is 7.49. The molecule has 1 aliphatic heterocycles. The normalized spacial score (nSPS) is 20.8. The van der Waals surface area contributed by atoms with Gasteiger partial charge in [0.25, 0.3) is 0 Å². The van der Waals surface area contributed by atoms with Crippen molar-refractivity contribution in [2.75, 3.05) is 12.3 Å². The third kappa shape index (κ3) is 5.10. The number of carbonyl (C=O) groups is 4. The number of rotatable bonds is 7. The van der Waals surface area contributed by atoms with Gasteiger partial charge in [0.15, 0.2) is 0 Å². The van der Waals surface area contributed by atoms with Crippen LogP contribution in [-0.4, -0.2) is 70.2 Å². The first kappa shape index (κ1) is 20.2. The molecule has 0 radical (unpaired) electrons. The highest BCUT2D eigenvalue weighted by Gasteiger charge is 2.36. The smallest absolute Gasteiger partial charge is 0.325 e. The van der Waals surface area contributed by atoms with Crippen LogP contribution in [0.5, 0.6) is 0 Å². The number of aliphatic carboxylic acids is 1. The third-order valence-corrected chi connectivity index (χ3v) is 4.14. The average Bonchev–Trinajstić information content (AvgIpc) is 3.00. The molecule has 24 heavy (non-hydrogen) atoms. The summed E-state index contributed by atoms with van der Waals surface area (Å²) in [5.41, 5.74) is 5.58. The summed E-state index contributed by atoms with van der Waals surface area (Å²) in [5, 5.41) is 13.6. The van der Waals surface area contributed by atoms with Crippen LogP contribution in [0, 0.1) is 0 Å². The first-order valence-electron chi connectivity index (χ1n) is 7.69. The minimum atomic E-state index is -1.18. The first-order chi connectivity index (χ1) is 11.2. The molecule has 4 atom stereocenters. The first-order valence-corrected chi connectivity index (χ1v) is 8.32. The maximum absolute atomic E-state index is 12.4. The number of carbonyl (C=O) groups excluding carboxylic acids is 3. The number of amides is 3. The lowest BCUT2D eigenvalue weighted by Gasteiger charge is -2.27. The highest BCUT2D eigenvalue weighted by atomic mass is 32.1. The van der Waals surface area contributed by atoms with Crippen molar-refractivity contribution < 1.29 is 24.3 Å². The fourth-order valence-corrected chi connectivity index (χ4v) is 2.66. The monoisotopic (exact) mass is 360 g/mol. The second kappa shape index (κ2) is 8.88. The number of nitrogens with zero attached hydrogens (tertiary/aromatic N) is 1. The Hall–Kier alpha value is -1.81. The molecule has 0 bridgehead atoms. The standard InChI is InChI=1S/C14H24N4O5S/c1-7(15)13(21)18-5-3-4-10(18)12(20)17-9(6-24)11(19)16-8(2)14(22)23/h7-10,24H,3-6,15H2,1-2H3,(H,16,19)(H,17,20)(H,22,23). The van der Waals surface area contributed by atoms with Crippen LogP contribution in [-0.2, 0) is 19.2 Å². The van der Waals surface area contributed by atoms with Crippen molar-refractivity contribution in [2.45, 2.75) is 50.9 Å². The zero-order chi connectivity index (χ0) is 18.4. The fraction of sp³-hybridized carbons (Fsp3) is 0.714.